The van der Waals surface area contributed by atoms with Crippen molar-refractivity contribution in [3.63, 3.8) is 0 Å². The van der Waals surface area contributed by atoms with Crippen molar-refractivity contribution in [1.29, 1.82) is 0 Å². The molecular formula is C12H12FNO5. The summed E-state index contributed by atoms with van der Waals surface area (Å²) >= 11 is 0. The first-order valence-electron chi connectivity index (χ1n) is 5.60. The molecule has 0 saturated carbocycles. The number of β-amino-alcohol motifs (C(OH)–C–C–N with tert-alkyl or cyclic N) is 1. The minimum absolute atomic E-state index is 0.0664. The van der Waals surface area contributed by atoms with E-state index in [2.05, 4.69) is 0 Å². The second-order valence-corrected chi connectivity index (χ2v) is 4.36. The van der Waals surface area contributed by atoms with Crippen molar-refractivity contribution in [3.05, 3.63) is 29.6 Å². The minimum Gasteiger partial charge on any atom is -0.507 e. The maximum atomic E-state index is 12.8. The van der Waals surface area contributed by atoms with E-state index in [9.17, 15) is 24.2 Å². The van der Waals surface area contributed by atoms with Gasteiger partial charge in [-0.1, -0.05) is 0 Å². The summed E-state index contributed by atoms with van der Waals surface area (Å²) in [7, 11) is 0. The van der Waals surface area contributed by atoms with Crippen LogP contribution < -0.4 is 0 Å². The zero-order valence-corrected chi connectivity index (χ0v) is 9.78. The quantitative estimate of drug-likeness (QED) is 0.712. The number of aromatic hydroxyl groups is 1. The van der Waals surface area contributed by atoms with E-state index in [1.807, 2.05) is 0 Å². The summed E-state index contributed by atoms with van der Waals surface area (Å²) in [5.74, 6) is -3.24. The van der Waals surface area contributed by atoms with E-state index in [4.69, 9.17) is 5.11 Å². The van der Waals surface area contributed by atoms with Crippen LogP contribution in [0.1, 0.15) is 16.8 Å². The van der Waals surface area contributed by atoms with Crippen molar-refractivity contribution in [1.82, 2.24) is 4.90 Å². The number of carboxylic acid groups (broad SMARTS) is 1. The predicted octanol–water partition coefficient (Wildman–Crippen LogP) is 0.191. The van der Waals surface area contributed by atoms with Gasteiger partial charge in [0, 0.05) is 19.0 Å². The van der Waals surface area contributed by atoms with Crippen LogP contribution in [-0.4, -0.2) is 50.8 Å². The molecule has 102 valence electrons. The number of aliphatic carboxylic acids is 1. The van der Waals surface area contributed by atoms with Gasteiger partial charge in [-0.3, -0.25) is 4.79 Å². The molecule has 6 nitrogen and oxygen atoms in total. The number of nitrogens with zero attached hydrogens (tertiary/aromatic N) is 1. The Balaban J connectivity index is 2.30. The van der Waals surface area contributed by atoms with E-state index in [1.54, 1.807) is 0 Å². The lowest BCUT2D eigenvalue weighted by molar-refractivity contribution is -0.141. The molecule has 1 aromatic carbocycles. The Morgan fingerprint density at radius 1 is 1.37 bits per heavy atom. The van der Waals surface area contributed by atoms with Gasteiger partial charge in [-0.2, -0.15) is 0 Å². The summed E-state index contributed by atoms with van der Waals surface area (Å²) in [6.45, 7) is -0.132. The monoisotopic (exact) mass is 269 g/mol. The van der Waals surface area contributed by atoms with Crippen LogP contribution in [0.4, 0.5) is 4.39 Å². The second kappa shape index (κ2) is 4.85. The van der Waals surface area contributed by atoms with E-state index < -0.39 is 35.6 Å². The normalized spacial score (nSPS) is 22.5. The van der Waals surface area contributed by atoms with E-state index in [0.29, 0.717) is 0 Å². The highest BCUT2D eigenvalue weighted by Gasteiger charge is 2.39. The Morgan fingerprint density at radius 3 is 2.63 bits per heavy atom. The number of halogens is 1. The number of amides is 1. The van der Waals surface area contributed by atoms with Gasteiger partial charge in [0.25, 0.3) is 5.91 Å². The lowest BCUT2D eigenvalue weighted by atomic mass is 10.1. The van der Waals surface area contributed by atoms with Gasteiger partial charge >= 0.3 is 5.97 Å². The number of carbonyl (C=O) groups is 2. The molecule has 19 heavy (non-hydrogen) atoms. The highest BCUT2D eigenvalue weighted by Crippen LogP contribution is 2.25. The highest BCUT2D eigenvalue weighted by molar-refractivity contribution is 5.99. The summed E-state index contributed by atoms with van der Waals surface area (Å²) in [4.78, 5) is 24.1. The molecule has 1 amide bonds. The average molecular weight is 269 g/mol. The molecule has 0 spiro atoms. The maximum Gasteiger partial charge on any atom is 0.326 e. The number of aliphatic hydroxyl groups excluding tert-OH is 1. The number of benzene rings is 1. The van der Waals surface area contributed by atoms with Gasteiger partial charge in [-0.25, -0.2) is 9.18 Å². The maximum absolute atomic E-state index is 12.8. The smallest absolute Gasteiger partial charge is 0.326 e. The van der Waals surface area contributed by atoms with E-state index >= 15 is 0 Å². The summed E-state index contributed by atoms with van der Waals surface area (Å²) in [6.07, 6.45) is -0.990. The highest BCUT2D eigenvalue weighted by atomic mass is 19.1. The lowest BCUT2D eigenvalue weighted by Crippen LogP contribution is -2.40. The molecule has 0 aliphatic carbocycles. The first kappa shape index (κ1) is 13.3. The number of phenolic OH excluding ortho intramolecular Hbond substituents is 1. The van der Waals surface area contributed by atoms with Crippen LogP contribution >= 0.6 is 0 Å². The molecule has 1 fully saturated rings. The average Bonchev–Trinajstić information content (AvgIpc) is 2.70. The van der Waals surface area contributed by atoms with Crippen LogP contribution in [0.3, 0.4) is 0 Å². The Kier molecular flexibility index (Phi) is 3.39. The van der Waals surface area contributed by atoms with Crippen molar-refractivity contribution in [3.8, 4) is 5.75 Å². The zero-order valence-electron chi connectivity index (χ0n) is 9.78. The molecule has 1 saturated heterocycles. The molecule has 1 heterocycles. The molecule has 2 unspecified atom stereocenters. The number of rotatable bonds is 2. The van der Waals surface area contributed by atoms with Gasteiger partial charge < -0.3 is 20.2 Å². The van der Waals surface area contributed by atoms with Crippen molar-refractivity contribution in [2.75, 3.05) is 6.54 Å². The van der Waals surface area contributed by atoms with Crippen molar-refractivity contribution < 1.29 is 29.3 Å². The number of carboxylic acids is 1. The van der Waals surface area contributed by atoms with Crippen molar-refractivity contribution >= 4 is 11.9 Å². The number of hydrogen-bond acceptors (Lipinski definition) is 4. The molecule has 1 aromatic rings. The molecule has 0 aromatic heterocycles. The predicted molar refractivity (Wildman–Crippen MR) is 61.1 cm³/mol. The van der Waals surface area contributed by atoms with Crippen molar-refractivity contribution in [2.24, 2.45) is 0 Å². The van der Waals surface area contributed by atoms with Gasteiger partial charge in [0.2, 0.25) is 0 Å². The molecule has 0 bridgehead atoms. The second-order valence-electron chi connectivity index (χ2n) is 4.36. The fourth-order valence-corrected chi connectivity index (χ4v) is 2.11. The molecule has 0 radical (unpaired) electrons. The van der Waals surface area contributed by atoms with Gasteiger partial charge in [-0.15, -0.1) is 0 Å². The van der Waals surface area contributed by atoms with Crippen LogP contribution in [0.15, 0.2) is 18.2 Å². The summed E-state index contributed by atoms with van der Waals surface area (Å²) in [6, 6.07) is 1.70. The number of aliphatic hydroxyl groups is 1. The summed E-state index contributed by atoms with van der Waals surface area (Å²) < 4.78 is 12.8. The van der Waals surface area contributed by atoms with Gasteiger partial charge in [-0.05, 0) is 12.1 Å². The number of phenols is 1. The van der Waals surface area contributed by atoms with E-state index in [0.717, 1.165) is 23.1 Å². The van der Waals surface area contributed by atoms with Crippen LogP contribution in [-0.2, 0) is 4.79 Å². The van der Waals surface area contributed by atoms with Gasteiger partial charge in [0.1, 0.15) is 17.6 Å². The topological polar surface area (TPSA) is 98.1 Å². The van der Waals surface area contributed by atoms with Crippen molar-refractivity contribution in [2.45, 2.75) is 18.6 Å². The fraction of sp³-hybridized carbons (Fsp3) is 0.333. The Morgan fingerprint density at radius 2 is 2.05 bits per heavy atom. The van der Waals surface area contributed by atoms with E-state index in [-0.39, 0.29) is 18.5 Å². The van der Waals surface area contributed by atoms with Crippen LogP contribution in [0.25, 0.3) is 0 Å². The first-order valence-corrected chi connectivity index (χ1v) is 5.60. The summed E-state index contributed by atoms with van der Waals surface area (Å²) in [5.41, 5.74) is -0.193. The number of carbonyl (C=O) groups excluding carboxylic acids is 1. The largest absolute Gasteiger partial charge is 0.507 e. The molecule has 2 atom stereocenters. The lowest BCUT2D eigenvalue weighted by Gasteiger charge is -2.21. The minimum atomic E-state index is -1.23. The SMILES string of the molecule is O=C(O)C1CC(O)CN1C(=O)c1ccc(F)cc1O. The third-order valence-corrected chi connectivity index (χ3v) is 3.02. The molecule has 3 N–H and O–H groups in total. The molecule has 1 aliphatic heterocycles. The fourth-order valence-electron chi connectivity index (χ4n) is 2.11. The third-order valence-electron chi connectivity index (χ3n) is 3.02. The first-order chi connectivity index (χ1) is 8.90. The van der Waals surface area contributed by atoms with Gasteiger partial charge in [0.05, 0.1) is 11.7 Å². The molecule has 7 heteroatoms. The summed E-state index contributed by atoms with van der Waals surface area (Å²) in [5, 5.41) is 27.9. The van der Waals surface area contributed by atoms with Crippen LogP contribution in [0.5, 0.6) is 5.75 Å². The number of likely N-dealkylation sites (tertiary alicyclic amines) is 1. The van der Waals surface area contributed by atoms with Crippen LogP contribution in [0, 0.1) is 5.82 Å². The standard InChI is InChI=1S/C12H12FNO5/c13-6-1-2-8(10(16)3-6)11(17)14-5-7(15)4-9(14)12(18)19/h1-3,7,9,15-16H,4-5H2,(H,18,19). The zero-order chi connectivity index (χ0) is 14.2. The van der Waals surface area contributed by atoms with Crippen LogP contribution in [0.2, 0.25) is 0 Å². The number of hydrogen-bond donors (Lipinski definition) is 3. The van der Waals surface area contributed by atoms with Gasteiger partial charge in [0.15, 0.2) is 0 Å². The molecule has 2 rings (SSSR count). The Hall–Kier alpha value is -2.15. The third kappa shape index (κ3) is 2.50. The molecule has 1 aliphatic rings. The van der Waals surface area contributed by atoms with E-state index in [1.165, 1.54) is 0 Å². The Labute approximate surface area is 107 Å². The molecular weight excluding hydrogens is 257 g/mol. The Bertz CT molecular complexity index is 533.